The van der Waals surface area contributed by atoms with Crippen molar-refractivity contribution in [3.05, 3.63) is 64.3 Å². The van der Waals surface area contributed by atoms with Crippen LogP contribution in [-0.4, -0.2) is 21.9 Å². The van der Waals surface area contributed by atoms with E-state index in [1.807, 2.05) is 32.0 Å². The summed E-state index contributed by atoms with van der Waals surface area (Å²) in [7, 11) is 1.62. The second-order valence-corrected chi connectivity index (χ2v) is 6.49. The van der Waals surface area contributed by atoms with Gasteiger partial charge in [-0.2, -0.15) is 4.98 Å². The molecule has 0 unspecified atom stereocenters. The number of rotatable bonds is 5. The van der Waals surface area contributed by atoms with Crippen molar-refractivity contribution in [3.63, 3.8) is 0 Å². The van der Waals surface area contributed by atoms with Gasteiger partial charge < -0.3 is 19.8 Å². The third-order valence-corrected chi connectivity index (χ3v) is 4.41. The number of aromatic nitrogens is 3. The second kappa shape index (κ2) is 7.27. The van der Waals surface area contributed by atoms with Gasteiger partial charge in [0.25, 0.3) is 0 Å². The number of anilines is 4. The number of nitrogens with one attached hydrogen (secondary N) is 2. The summed E-state index contributed by atoms with van der Waals surface area (Å²) in [4.78, 5) is 20.1. The van der Waals surface area contributed by atoms with E-state index >= 15 is 0 Å². The number of benzene rings is 2. The molecule has 4 aromatic rings. The van der Waals surface area contributed by atoms with Crippen molar-refractivity contribution in [1.82, 2.24) is 14.8 Å². The first-order valence-corrected chi connectivity index (χ1v) is 8.78. The fourth-order valence-corrected chi connectivity index (χ4v) is 2.92. The van der Waals surface area contributed by atoms with Gasteiger partial charge in [0.05, 0.1) is 7.11 Å². The van der Waals surface area contributed by atoms with Crippen LogP contribution in [0.2, 0.25) is 0 Å². The molecular formula is C20H18FN5O3. The van der Waals surface area contributed by atoms with E-state index in [2.05, 4.69) is 20.6 Å². The van der Waals surface area contributed by atoms with E-state index in [-0.39, 0.29) is 15.9 Å². The lowest BCUT2D eigenvalue weighted by Crippen LogP contribution is -2.05. The predicted molar refractivity (Wildman–Crippen MR) is 108 cm³/mol. The highest BCUT2D eigenvalue weighted by atomic mass is 19.2. The molecule has 2 heterocycles. The van der Waals surface area contributed by atoms with Gasteiger partial charge in [-0.1, -0.05) is 4.48 Å². The van der Waals surface area contributed by atoms with Gasteiger partial charge in [-0.05, 0) is 55.8 Å². The molecule has 0 atom stereocenters. The van der Waals surface area contributed by atoms with Crippen LogP contribution in [0, 0.1) is 13.8 Å². The standard InChI is InChI=1S/C20H18FN5O3/c1-11-8-13(4-6-16(11)28-3)24-19-22-10-12(2)18(25-19)23-14-5-7-17-15(9-14)26(21)20(27)29-17/h4-10H,1-3H3,(H2,22,23,24,25). The van der Waals surface area contributed by atoms with Crippen molar-refractivity contribution in [1.29, 1.82) is 0 Å². The fourth-order valence-electron chi connectivity index (χ4n) is 2.92. The van der Waals surface area contributed by atoms with Crippen LogP contribution in [-0.2, 0) is 0 Å². The minimum atomic E-state index is -1.06. The number of halogens is 1. The van der Waals surface area contributed by atoms with Crippen LogP contribution in [0.4, 0.5) is 27.6 Å². The lowest BCUT2D eigenvalue weighted by Gasteiger charge is -2.12. The highest BCUT2D eigenvalue weighted by molar-refractivity contribution is 5.79. The maximum absolute atomic E-state index is 13.8. The average molecular weight is 395 g/mol. The fraction of sp³-hybridized carbons (Fsp3) is 0.150. The van der Waals surface area contributed by atoms with Crippen LogP contribution in [0.3, 0.4) is 0 Å². The average Bonchev–Trinajstić information content (AvgIpc) is 2.98. The minimum Gasteiger partial charge on any atom is -0.496 e. The molecule has 9 heteroatoms. The number of fused-ring (bicyclic) bond motifs is 1. The van der Waals surface area contributed by atoms with Crippen molar-refractivity contribution in [3.8, 4) is 5.75 Å². The molecule has 0 aliphatic carbocycles. The van der Waals surface area contributed by atoms with E-state index in [4.69, 9.17) is 9.15 Å². The molecule has 2 N–H and O–H groups in total. The van der Waals surface area contributed by atoms with Crippen LogP contribution >= 0.6 is 0 Å². The van der Waals surface area contributed by atoms with Crippen molar-refractivity contribution in [2.24, 2.45) is 0 Å². The molecule has 0 fully saturated rings. The Bertz CT molecular complexity index is 1260. The zero-order valence-electron chi connectivity index (χ0n) is 16.0. The van der Waals surface area contributed by atoms with Gasteiger partial charge in [0.2, 0.25) is 5.95 Å². The van der Waals surface area contributed by atoms with Gasteiger partial charge in [0.1, 0.15) is 17.1 Å². The zero-order chi connectivity index (χ0) is 20.5. The quantitative estimate of drug-likeness (QED) is 0.522. The van der Waals surface area contributed by atoms with Crippen LogP contribution in [0.1, 0.15) is 11.1 Å². The number of aryl methyl sites for hydroxylation is 2. The maximum Gasteiger partial charge on any atom is 0.448 e. The van der Waals surface area contributed by atoms with Gasteiger partial charge in [0, 0.05) is 23.1 Å². The summed E-state index contributed by atoms with van der Waals surface area (Å²) >= 11 is 0. The smallest absolute Gasteiger partial charge is 0.448 e. The Hall–Kier alpha value is -3.88. The summed E-state index contributed by atoms with van der Waals surface area (Å²) < 4.78 is 23.9. The summed E-state index contributed by atoms with van der Waals surface area (Å²) in [5.41, 5.74) is 3.36. The molecule has 0 bridgehead atoms. The number of nitrogens with zero attached hydrogens (tertiary/aromatic N) is 3. The molecule has 4 rings (SSSR count). The molecule has 0 aliphatic heterocycles. The summed E-state index contributed by atoms with van der Waals surface area (Å²) in [6.07, 6.45) is 1.68. The van der Waals surface area contributed by atoms with Crippen molar-refractivity contribution < 1.29 is 13.6 Å². The molecule has 0 amide bonds. The molecule has 2 aromatic carbocycles. The lowest BCUT2D eigenvalue weighted by molar-refractivity contribution is 0.331. The molecule has 2 aromatic heterocycles. The van der Waals surface area contributed by atoms with Gasteiger partial charge in [-0.3, -0.25) is 0 Å². The molecule has 8 nitrogen and oxygen atoms in total. The molecule has 0 saturated heterocycles. The maximum atomic E-state index is 13.8. The Morgan fingerprint density at radius 2 is 1.83 bits per heavy atom. The van der Waals surface area contributed by atoms with E-state index < -0.39 is 5.76 Å². The largest absolute Gasteiger partial charge is 0.496 e. The normalized spacial score (nSPS) is 10.9. The van der Waals surface area contributed by atoms with Crippen molar-refractivity contribution in [2.45, 2.75) is 13.8 Å². The molecule has 148 valence electrons. The van der Waals surface area contributed by atoms with E-state index in [0.29, 0.717) is 17.5 Å². The number of ether oxygens (including phenoxy) is 1. The molecule has 0 aliphatic rings. The Labute approximate surface area is 164 Å². The van der Waals surface area contributed by atoms with Crippen LogP contribution in [0.15, 0.2) is 51.8 Å². The number of methoxy groups -OCH3 is 1. The van der Waals surface area contributed by atoms with Crippen LogP contribution < -0.4 is 21.1 Å². The molecule has 0 radical (unpaired) electrons. The minimum absolute atomic E-state index is 0.0354. The van der Waals surface area contributed by atoms with Crippen LogP contribution in [0.25, 0.3) is 11.1 Å². The molecule has 29 heavy (non-hydrogen) atoms. The Morgan fingerprint density at radius 1 is 1.07 bits per heavy atom. The first-order chi connectivity index (χ1) is 13.9. The predicted octanol–water partition coefficient (Wildman–Crippen LogP) is 4.23. The lowest BCUT2D eigenvalue weighted by atomic mass is 10.2. The topological polar surface area (TPSA) is 94.2 Å². The summed E-state index contributed by atoms with van der Waals surface area (Å²) in [5, 5.41) is 6.28. The summed E-state index contributed by atoms with van der Waals surface area (Å²) in [5.74, 6) is 0.679. The van der Waals surface area contributed by atoms with Gasteiger partial charge in [0.15, 0.2) is 5.58 Å². The Morgan fingerprint density at radius 3 is 2.59 bits per heavy atom. The van der Waals surface area contributed by atoms with Crippen molar-refractivity contribution >= 4 is 34.2 Å². The third-order valence-electron chi connectivity index (χ3n) is 4.41. The molecule has 0 saturated carbocycles. The summed E-state index contributed by atoms with van der Waals surface area (Å²) in [6.45, 7) is 3.80. The van der Waals surface area contributed by atoms with Crippen LogP contribution in [0.5, 0.6) is 5.75 Å². The first kappa shape index (κ1) is 18.5. The van der Waals surface area contributed by atoms with E-state index in [1.54, 1.807) is 19.4 Å². The number of hydrogen-bond acceptors (Lipinski definition) is 7. The van der Waals surface area contributed by atoms with Gasteiger partial charge >= 0.3 is 5.76 Å². The highest BCUT2D eigenvalue weighted by Crippen LogP contribution is 2.26. The molecular weight excluding hydrogens is 377 g/mol. The monoisotopic (exact) mass is 395 g/mol. The third kappa shape index (κ3) is 3.62. The zero-order valence-corrected chi connectivity index (χ0v) is 16.0. The Balaban J connectivity index is 1.61. The summed E-state index contributed by atoms with van der Waals surface area (Å²) in [6, 6.07) is 10.3. The van der Waals surface area contributed by atoms with E-state index in [1.165, 1.54) is 12.1 Å². The first-order valence-electron chi connectivity index (χ1n) is 8.78. The second-order valence-electron chi connectivity index (χ2n) is 6.49. The van der Waals surface area contributed by atoms with E-state index in [9.17, 15) is 9.28 Å². The van der Waals surface area contributed by atoms with Crippen molar-refractivity contribution in [2.75, 3.05) is 17.7 Å². The number of hydrogen-bond donors (Lipinski definition) is 2. The molecule has 0 spiro atoms. The number of oxazole rings is 1. The van der Waals surface area contributed by atoms with E-state index in [0.717, 1.165) is 22.6 Å². The highest BCUT2D eigenvalue weighted by Gasteiger charge is 2.11. The SMILES string of the molecule is COc1ccc(Nc2ncc(C)c(Nc3ccc4oc(=O)n(F)c4c3)n2)cc1C. The Kier molecular flexibility index (Phi) is 4.63. The van der Waals surface area contributed by atoms with Gasteiger partial charge in [-0.15, -0.1) is 4.79 Å². The van der Waals surface area contributed by atoms with Gasteiger partial charge in [-0.25, -0.2) is 9.78 Å².